The highest BCUT2D eigenvalue weighted by molar-refractivity contribution is 6.04. The molecule has 0 amide bonds. The molecule has 0 unspecified atom stereocenters. The van der Waals surface area contributed by atoms with Gasteiger partial charge in [-0.15, -0.1) is 0 Å². The van der Waals surface area contributed by atoms with Gasteiger partial charge in [-0.3, -0.25) is 9.97 Å². The van der Waals surface area contributed by atoms with Crippen LogP contribution in [0.25, 0.3) is 21.7 Å². The van der Waals surface area contributed by atoms with Gasteiger partial charge in [-0.05, 0) is 11.5 Å². The van der Waals surface area contributed by atoms with E-state index < -0.39 is 0 Å². The van der Waals surface area contributed by atoms with Crippen molar-refractivity contribution in [2.75, 3.05) is 0 Å². The molecule has 2 heterocycles. The number of aromatic nitrogens is 2. The van der Waals surface area contributed by atoms with Crippen LogP contribution in [-0.4, -0.2) is 9.97 Å². The quantitative estimate of drug-likeness (QED) is 0.496. The number of rotatable bonds is 0. The molecule has 0 aliphatic rings. The third kappa shape index (κ3) is 0.973. The Hall–Kier alpha value is -1.96. The number of benzene rings is 1. The molecule has 0 saturated carbocycles. The highest BCUT2D eigenvalue weighted by Gasteiger charge is 1.99. The Kier molecular flexibility index (Phi) is 1.47. The number of pyridine rings is 2. The fraction of sp³-hybridized carbons (Fsp3) is 0. The third-order valence-electron chi connectivity index (χ3n) is 2.31. The lowest BCUT2D eigenvalue weighted by Gasteiger charge is -2.00. The zero-order valence-electron chi connectivity index (χ0n) is 7.44. The molecule has 0 spiro atoms. The minimum absolute atomic E-state index is 0.995. The lowest BCUT2D eigenvalue weighted by molar-refractivity contribution is 1.35. The van der Waals surface area contributed by atoms with E-state index in [2.05, 4.69) is 28.2 Å². The molecule has 0 bridgehead atoms. The third-order valence-corrected chi connectivity index (χ3v) is 2.31. The smallest absolute Gasteiger partial charge is 0.0795 e. The first-order chi connectivity index (χ1) is 6.95. The second kappa shape index (κ2) is 2.77. The van der Waals surface area contributed by atoms with Gasteiger partial charge < -0.3 is 0 Å². The van der Waals surface area contributed by atoms with Gasteiger partial charge in [-0.1, -0.05) is 18.2 Å². The van der Waals surface area contributed by atoms with Crippen LogP contribution in [0.2, 0.25) is 0 Å². The Morgan fingerprint density at radius 1 is 1.14 bits per heavy atom. The minimum Gasteiger partial charge on any atom is -0.263 e. The molecule has 3 aromatic rings. The first-order valence-electron chi connectivity index (χ1n) is 4.44. The standard InChI is InChI=1S/C12H7N2/c1-2-10-4-3-9-5-7-13-8-11(9)12(10)14-6-1/h1-4,6-8H. The van der Waals surface area contributed by atoms with E-state index in [-0.39, 0.29) is 0 Å². The Labute approximate surface area is 81.2 Å². The molecule has 0 atom stereocenters. The monoisotopic (exact) mass is 179 g/mol. The Morgan fingerprint density at radius 2 is 2.14 bits per heavy atom. The summed E-state index contributed by atoms with van der Waals surface area (Å²) in [5, 5.41) is 3.26. The summed E-state index contributed by atoms with van der Waals surface area (Å²) in [7, 11) is 0. The van der Waals surface area contributed by atoms with Crippen molar-refractivity contribution in [1.82, 2.24) is 9.97 Å². The van der Waals surface area contributed by atoms with Crippen LogP contribution in [0.3, 0.4) is 0 Å². The van der Waals surface area contributed by atoms with Gasteiger partial charge in [0.05, 0.1) is 5.52 Å². The summed E-state index contributed by atoms with van der Waals surface area (Å²) in [6.07, 6.45) is 5.31. The van der Waals surface area contributed by atoms with Gasteiger partial charge in [0, 0.05) is 35.4 Å². The van der Waals surface area contributed by atoms with E-state index in [4.69, 9.17) is 0 Å². The van der Waals surface area contributed by atoms with E-state index in [0.717, 1.165) is 21.7 Å². The molecular weight excluding hydrogens is 172 g/mol. The van der Waals surface area contributed by atoms with E-state index in [9.17, 15) is 0 Å². The van der Waals surface area contributed by atoms with E-state index in [0.29, 0.717) is 0 Å². The second-order valence-electron chi connectivity index (χ2n) is 3.15. The van der Waals surface area contributed by atoms with Crippen LogP contribution >= 0.6 is 0 Å². The van der Waals surface area contributed by atoms with Gasteiger partial charge in [0.2, 0.25) is 0 Å². The summed E-state index contributed by atoms with van der Waals surface area (Å²) in [6.45, 7) is 0. The minimum atomic E-state index is 0.995. The van der Waals surface area contributed by atoms with E-state index in [1.165, 1.54) is 0 Å². The van der Waals surface area contributed by atoms with Gasteiger partial charge >= 0.3 is 0 Å². The van der Waals surface area contributed by atoms with Crippen LogP contribution in [0, 0.1) is 6.07 Å². The van der Waals surface area contributed by atoms with Crippen molar-refractivity contribution >= 4 is 21.7 Å². The van der Waals surface area contributed by atoms with Crippen molar-refractivity contribution in [3.63, 3.8) is 0 Å². The van der Waals surface area contributed by atoms with Crippen molar-refractivity contribution in [3.05, 3.63) is 48.9 Å². The predicted molar refractivity (Wildman–Crippen MR) is 55.9 cm³/mol. The summed E-state index contributed by atoms with van der Waals surface area (Å²) in [4.78, 5) is 8.42. The molecule has 2 nitrogen and oxygen atoms in total. The maximum absolute atomic E-state index is 4.35. The van der Waals surface area contributed by atoms with Crippen molar-refractivity contribution in [2.45, 2.75) is 0 Å². The number of hydrogen-bond acceptors (Lipinski definition) is 2. The van der Waals surface area contributed by atoms with Gasteiger partial charge in [-0.25, -0.2) is 0 Å². The molecule has 2 aromatic heterocycles. The Balaban J connectivity index is 2.61. The number of fused-ring (bicyclic) bond motifs is 3. The molecular formula is C12H7N2. The normalized spacial score (nSPS) is 10.9. The van der Waals surface area contributed by atoms with Gasteiger partial charge in [-0.2, -0.15) is 0 Å². The average Bonchev–Trinajstić information content (AvgIpc) is 2.29. The molecule has 0 aliphatic carbocycles. The summed E-state index contributed by atoms with van der Waals surface area (Å²) >= 11 is 0. The van der Waals surface area contributed by atoms with Gasteiger partial charge in [0.25, 0.3) is 0 Å². The maximum atomic E-state index is 4.35. The van der Waals surface area contributed by atoms with Crippen LogP contribution in [0.15, 0.2) is 42.9 Å². The van der Waals surface area contributed by atoms with Crippen molar-refractivity contribution in [1.29, 1.82) is 0 Å². The van der Waals surface area contributed by atoms with Crippen LogP contribution in [-0.2, 0) is 0 Å². The molecule has 65 valence electrons. The molecule has 0 aliphatic heterocycles. The Bertz CT molecular complexity index is 547. The summed E-state index contributed by atoms with van der Waals surface area (Å²) < 4.78 is 0. The van der Waals surface area contributed by atoms with Crippen molar-refractivity contribution in [3.8, 4) is 0 Å². The zero-order valence-corrected chi connectivity index (χ0v) is 7.44. The topological polar surface area (TPSA) is 25.8 Å². The SMILES string of the molecule is [c]1cncc2c1ccc1cccnc12. The molecule has 3 rings (SSSR count). The first kappa shape index (κ1) is 7.44. The lowest BCUT2D eigenvalue weighted by Crippen LogP contribution is -1.81. The molecule has 0 fully saturated rings. The summed E-state index contributed by atoms with van der Waals surface area (Å²) in [6, 6.07) is 11.2. The second-order valence-corrected chi connectivity index (χ2v) is 3.15. The summed E-state index contributed by atoms with van der Waals surface area (Å²) in [5.74, 6) is 0. The van der Waals surface area contributed by atoms with E-state index in [1.54, 1.807) is 12.4 Å². The van der Waals surface area contributed by atoms with Crippen LogP contribution < -0.4 is 0 Å². The number of nitrogens with zero attached hydrogens (tertiary/aromatic N) is 2. The van der Waals surface area contributed by atoms with Gasteiger partial charge in [0.15, 0.2) is 0 Å². The fourth-order valence-electron chi connectivity index (χ4n) is 1.64. The lowest BCUT2D eigenvalue weighted by atomic mass is 10.1. The maximum Gasteiger partial charge on any atom is 0.0795 e. The van der Waals surface area contributed by atoms with Crippen molar-refractivity contribution in [2.24, 2.45) is 0 Å². The Morgan fingerprint density at radius 3 is 3.14 bits per heavy atom. The molecule has 0 N–H and O–H groups in total. The fourth-order valence-corrected chi connectivity index (χ4v) is 1.64. The van der Waals surface area contributed by atoms with Crippen molar-refractivity contribution < 1.29 is 0 Å². The van der Waals surface area contributed by atoms with Crippen LogP contribution in [0.4, 0.5) is 0 Å². The van der Waals surface area contributed by atoms with E-state index in [1.807, 2.05) is 18.3 Å². The highest BCUT2D eigenvalue weighted by Crippen LogP contribution is 2.21. The molecule has 14 heavy (non-hydrogen) atoms. The highest BCUT2D eigenvalue weighted by atomic mass is 14.7. The largest absolute Gasteiger partial charge is 0.263 e. The molecule has 0 saturated heterocycles. The first-order valence-corrected chi connectivity index (χ1v) is 4.44. The average molecular weight is 179 g/mol. The molecule has 1 aromatic carbocycles. The molecule has 2 heteroatoms. The predicted octanol–water partition coefficient (Wildman–Crippen LogP) is 2.58. The summed E-state index contributed by atoms with van der Waals surface area (Å²) in [5.41, 5.74) is 0.995. The van der Waals surface area contributed by atoms with Crippen LogP contribution in [0.1, 0.15) is 0 Å². The van der Waals surface area contributed by atoms with Gasteiger partial charge in [0.1, 0.15) is 0 Å². The van der Waals surface area contributed by atoms with Crippen LogP contribution in [0.5, 0.6) is 0 Å². The number of hydrogen-bond donors (Lipinski definition) is 0. The van der Waals surface area contributed by atoms with E-state index >= 15 is 0 Å². The zero-order chi connectivity index (χ0) is 9.38. The molecule has 1 radical (unpaired) electrons.